The first-order valence-corrected chi connectivity index (χ1v) is 11.0. The minimum absolute atomic E-state index is 0.0274. The molecule has 2 aromatic carbocycles. The molecule has 1 N–H and O–H groups in total. The van der Waals surface area contributed by atoms with E-state index < -0.39 is 21.3 Å². The number of aromatic nitrogens is 1. The lowest BCUT2D eigenvalue weighted by Crippen LogP contribution is -2.33. The summed E-state index contributed by atoms with van der Waals surface area (Å²) < 4.78 is 27.3. The summed E-state index contributed by atoms with van der Waals surface area (Å²) in [7, 11) is -4.03. The molecule has 30 heavy (non-hydrogen) atoms. The van der Waals surface area contributed by atoms with Crippen LogP contribution >= 0.6 is 11.6 Å². The average molecular weight is 445 g/mol. The molecular weight excluding hydrogens is 424 g/mol. The topological polar surface area (TPSA) is 85.2 Å². The number of benzene rings is 2. The summed E-state index contributed by atoms with van der Waals surface area (Å²) >= 11 is 6.08. The Morgan fingerprint density at radius 1 is 1.03 bits per heavy atom. The molecule has 0 unspecified atom stereocenters. The van der Waals surface area contributed by atoms with Crippen molar-refractivity contribution < 1.29 is 13.2 Å². The van der Waals surface area contributed by atoms with Gasteiger partial charge < -0.3 is 9.88 Å². The smallest absolute Gasteiger partial charge is 0.270 e. The number of halogens is 1. The fraction of sp³-hybridized carbons (Fsp3) is 0.182. The van der Waals surface area contributed by atoms with Crippen molar-refractivity contribution in [3.8, 4) is 0 Å². The third kappa shape index (κ3) is 4.17. The number of rotatable bonds is 5. The molecule has 0 aliphatic carbocycles. The molecule has 8 heteroatoms. The molecule has 1 heterocycles. The van der Waals surface area contributed by atoms with Crippen molar-refractivity contribution in [1.29, 1.82) is 0 Å². The van der Waals surface area contributed by atoms with Gasteiger partial charge in [-0.2, -0.15) is 0 Å². The van der Waals surface area contributed by atoms with E-state index in [2.05, 4.69) is 5.32 Å². The van der Waals surface area contributed by atoms with Crippen LogP contribution in [0.25, 0.3) is 0 Å². The molecule has 6 nitrogen and oxygen atoms in total. The highest BCUT2D eigenvalue weighted by Crippen LogP contribution is 2.24. The molecule has 0 saturated carbocycles. The van der Waals surface area contributed by atoms with E-state index in [1.54, 1.807) is 63.2 Å². The van der Waals surface area contributed by atoms with E-state index in [1.807, 2.05) is 0 Å². The van der Waals surface area contributed by atoms with Crippen molar-refractivity contribution in [2.75, 3.05) is 5.32 Å². The molecular formula is C22H21ClN2O4S. The second kappa shape index (κ2) is 8.45. The number of amides is 1. The Morgan fingerprint density at radius 3 is 2.37 bits per heavy atom. The molecule has 156 valence electrons. The zero-order valence-corrected chi connectivity index (χ0v) is 18.3. The van der Waals surface area contributed by atoms with Gasteiger partial charge in [0, 0.05) is 16.4 Å². The molecule has 0 atom stereocenters. The maximum atomic E-state index is 13.1. The van der Waals surface area contributed by atoms with E-state index in [0.29, 0.717) is 27.5 Å². The first kappa shape index (κ1) is 21.8. The van der Waals surface area contributed by atoms with Crippen LogP contribution in [0.2, 0.25) is 5.02 Å². The van der Waals surface area contributed by atoms with Gasteiger partial charge in [0.2, 0.25) is 15.7 Å². The predicted octanol–water partition coefficient (Wildman–Crippen LogP) is 3.90. The molecule has 0 saturated heterocycles. The van der Waals surface area contributed by atoms with Gasteiger partial charge in [-0.1, -0.05) is 35.9 Å². The lowest BCUT2D eigenvalue weighted by atomic mass is 10.2. The minimum atomic E-state index is -4.03. The predicted molar refractivity (Wildman–Crippen MR) is 117 cm³/mol. The highest BCUT2D eigenvalue weighted by atomic mass is 35.5. The quantitative estimate of drug-likeness (QED) is 0.646. The van der Waals surface area contributed by atoms with E-state index in [1.165, 1.54) is 12.1 Å². The van der Waals surface area contributed by atoms with Crippen LogP contribution in [-0.4, -0.2) is 18.9 Å². The molecule has 1 aromatic heterocycles. The highest BCUT2D eigenvalue weighted by molar-refractivity contribution is 7.91. The summed E-state index contributed by atoms with van der Waals surface area (Å²) in [5.41, 5.74) is 1.33. The number of nitrogens with one attached hydrogen (secondary N) is 1. The third-order valence-corrected chi connectivity index (χ3v) is 7.15. The van der Waals surface area contributed by atoms with Crippen LogP contribution in [0, 0.1) is 20.8 Å². The second-order valence-electron chi connectivity index (χ2n) is 6.97. The second-order valence-corrected chi connectivity index (χ2v) is 9.26. The monoisotopic (exact) mass is 444 g/mol. The van der Waals surface area contributed by atoms with E-state index in [9.17, 15) is 18.0 Å². The molecule has 0 bridgehead atoms. The maximum Gasteiger partial charge on any atom is 0.270 e. The van der Waals surface area contributed by atoms with Gasteiger partial charge >= 0.3 is 0 Å². The summed E-state index contributed by atoms with van der Waals surface area (Å²) in [6.45, 7) is 4.68. The van der Waals surface area contributed by atoms with Crippen LogP contribution in [0.1, 0.15) is 16.8 Å². The van der Waals surface area contributed by atoms with Crippen LogP contribution in [0.15, 0.2) is 69.2 Å². The number of nitrogens with zero attached hydrogens (tertiary/aromatic N) is 1. The molecule has 0 radical (unpaired) electrons. The molecule has 3 aromatic rings. The number of carbonyl (C=O) groups is 1. The van der Waals surface area contributed by atoms with E-state index >= 15 is 0 Å². The minimum Gasteiger partial charge on any atom is -0.324 e. The first-order chi connectivity index (χ1) is 14.1. The Hall–Kier alpha value is -2.90. The van der Waals surface area contributed by atoms with Gasteiger partial charge in [0.1, 0.15) is 11.4 Å². The summed E-state index contributed by atoms with van der Waals surface area (Å²) in [4.78, 5) is 25.4. The van der Waals surface area contributed by atoms with E-state index in [0.717, 1.165) is 4.57 Å². The van der Waals surface area contributed by atoms with Crippen molar-refractivity contribution in [2.45, 2.75) is 37.1 Å². The van der Waals surface area contributed by atoms with Crippen molar-refractivity contribution in [1.82, 2.24) is 4.57 Å². The summed E-state index contributed by atoms with van der Waals surface area (Å²) in [6, 6.07) is 14.5. The Morgan fingerprint density at radius 2 is 1.70 bits per heavy atom. The molecule has 3 rings (SSSR count). The van der Waals surface area contributed by atoms with Gasteiger partial charge in [-0.05, 0) is 62.2 Å². The Kier molecular flexibility index (Phi) is 6.14. The molecule has 1 amide bonds. The fourth-order valence-corrected chi connectivity index (χ4v) is 4.97. The fourth-order valence-electron chi connectivity index (χ4n) is 3.23. The van der Waals surface area contributed by atoms with Crippen LogP contribution in [-0.2, 0) is 21.2 Å². The average Bonchev–Trinajstić information content (AvgIpc) is 2.69. The lowest BCUT2D eigenvalue weighted by Gasteiger charge is -2.15. The van der Waals surface area contributed by atoms with Crippen LogP contribution in [0.4, 0.5) is 5.69 Å². The molecule has 0 fully saturated rings. The van der Waals surface area contributed by atoms with Gasteiger partial charge in [-0.25, -0.2) is 8.42 Å². The maximum absolute atomic E-state index is 13.1. The number of sulfone groups is 1. The van der Waals surface area contributed by atoms with Gasteiger partial charge in [-0.15, -0.1) is 0 Å². The largest absolute Gasteiger partial charge is 0.324 e. The first-order valence-electron chi connectivity index (χ1n) is 9.19. The number of carbonyl (C=O) groups excluding carboxylic acids is 1. The van der Waals surface area contributed by atoms with Crippen molar-refractivity contribution in [2.24, 2.45) is 0 Å². The molecule has 0 aliphatic rings. The van der Waals surface area contributed by atoms with Crippen LogP contribution < -0.4 is 10.9 Å². The summed E-state index contributed by atoms with van der Waals surface area (Å²) in [5.74, 6) is -0.461. The Balaban J connectivity index is 2.01. The van der Waals surface area contributed by atoms with Crippen LogP contribution in [0.5, 0.6) is 0 Å². The van der Waals surface area contributed by atoms with Gasteiger partial charge in [0.15, 0.2) is 0 Å². The van der Waals surface area contributed by atoms with E-state index in [4.69, 9.17) is 11.6 Å². The van der Waals surface area contributed by atoms with Crippen molar-refractivity contribution in [3.05, 3.63) is 86.8 Å². The van der Waals surface area contributed by atoms with Gasteiger partial charge in [-0.3, -0.25) is 9.59 Å². The number of hydrogen-bond donors (Lipinski definition) is 1. The van der Waals surface area contributed by atoms with Crippen molar-refractivity contribution in [3.63, 3.8) is 0 Å². The Bertz CT molecular complexity index is 1280. The standard InChI is InChI=1S/C22H21ClN2O4S/c1-14-12-15(2)25(13-20(26)24-19-11-7-10-18(23)16(19)3)22(27)21(14)30(28,29)17-8-5-4-6-9-17/h4-12H,13H2,1-3H3,(H,24,26). The van der Waals surface area contributed by atoms with Crippen LogP contribution in [0.3, 0.4) is 0 Å². The molecule has 0 aliphatic heterocycles. The van der Waals surface area contributed by atoms with Gasteiger partial charge in [0.05, 0.1) is 4.90 Å². The number of hydrogen-bond acceptors (Lipinski definition) is 4. The summed E-state index contributed by atoms with van der Waals surface area (Å²) in [6.07, 6.45) is 0. The highest BCUT2D eigenvalue weighted by Gasteiger charge is 2.26. The normalized spacial score (nSPS) is 11.3. The molecule has 0 spiro atoms. The number of aryl methyl sites for hydroxylation is 2. The third-order valence-electron chi connectivity index (χ3n) is 4.81. The van der Waals surface area contributed by atoms with Gasteiger partial charge in [0.25, 0.3) is 5.56 Å². The zero-order chi connectivity index (χ0) is 22.1. The Labute approximate surface area is 180 Å². The number of pyridine rings is 1. The zero-order valence-electron chi connectivity index (χ0n) is 16.8. The lowest BCUT2D eigenvalue weighted by molar-refractivity contribution is -0.116. The van der Waals surface area contributed by atoms with Crippen molar-refractivity contribution >= 4 is 33.0 Å². The summed E-state index contributed by atoms with van der Waals surface area (Å²) in [5, 5.41) is 3.23. The SMILES string of the molecule is Cc1cc(C)n(CC(=O)Nc2cccc(Cl)c2C)c(=O)c1S(=O)(=O)c1ccccc1. The van der Waals surface area contributed by atoms with E-state index in [-0.39, 0.29) is 16.3 Å². The number of anilines is 1.